The molecule has 1 unspecified atom stereocenters. The second-order valence-corrected chi connectivity index (χ2v) is 5.88. The highest BCUT2D eigenvalue weighted by molar-refractivity contribution is 6.30. The Morgan fingerprint density at radius 3 is 2.71 bits per heavy atom. The van der Waals surface area contributed by atoms with Crippen LogP contribution in [0, 0.1) is 0 Å². The van der Waals surface area contributed by atoms with E-state index >= 15 is 0 Å². The Morgan fingerprint density at radius 2 is 1.90 bits per heavy atom. The highest BCUT2D eigenvalue weighted by Gasteiger charge is 2.24. The zero-order valence-corrected chi connectivity index (χ0v) is 12.5. The third-order valence-corrected chi connectivity index (χ3v) is 3.96. The third kappa shape index (κ3) is 2.92. The normalized spacial score (nSPS) is 14.0. The molecular weight excluding hydrogens is 282 g/mol. The number of nitrogens with zero attached hydrogens (tertiary/aromatic N) is 1. The van der Waals surface area contributed by atoms with Gasteiger partial charge in [0.05, 0.1) is 11.1 Å². The number of rotatable bonds is 3. The lowest BCUT2D eigenvalue weighted by Crippen LogP contribution is -2.24. The molecule has 3 heteroatoms. The van der Waals surface area contributed by atoms with Crippen molar-refractivity contribution in [2.45, 2.75) is 18.9 Å². The summed E-state index contributed by atoms with van der Waals surface area (Å²) >= 11 is 6.03. The minimum Gasteiger partial charge on any atom is -0.385 e. The maximum atomic E-state index is 10.8. The van der Waals surface area contributed by atoms with E-state index < -0.39 is 5.60 Å². The van der Waals surface area contributed by atoms with Crippen molar-refractivity contribution < 1.29 is 5.11 Å². The van der Waals surface area contributed by atoms with Gasteiger partial charge >= 0.3 is 0 Å². The first-order valence-electron chi connectivity index (χ1n) is 6.87. The van der Waals surface area contributed by atoms with E-state index in [2.05, 4.69) is 4.98 Å². The first-order valence-corrected chi connectivity index (χ1v) is 7.25. The van der Waals surface area contributed by atoms with Gasteiger partial charge in [0, 0.05) is 23.0 Å². The van der Waals surface area contributed by atoms with Gasteiger partial charge in [-0.25, -0.2) is 0 Å². The van der Waals surface area contributed by atoms with Crippen molar-refractivity contribution in [1.82, 2.24) is 4.98 Å². The van der Waals surface area contributed by atoms with Crippen molar-refractivity contribution in [2.75, 3.05) is 0 Å². The fourth-order valence-corrected chi connectivity index (χ4v) is 2.80. The summed E-state index contributed by atoms with van der Waals surface area (Å²) in [7, 11) is 0. The Kier molecular flexibility index (Phi) is 3.66. The lowest BCUT2D eigenvalue weighted by atomic mass is 9.88. The van der Waals surface area contributed by atoms with Gasteiger partial charge in [0.1, 0.15) is 0 Å². The molecule has 106 valence electrons. The summed E-state index contributed by atoms with van der Waals surface area (Å²) in [5, 5.41) is 12.5. The molecule has 2 aromatic carbocycles. The molecule has 3 rings (SSSR count). The third-order valence-electron chi connectivity index (χ3n) is 3.72. The predicted molar refractivity (Wildman–Crippen MR) is 86.5 cm³/mol. The van der Waals surface area contributed by atoms with Gasteiger partial charge in [-0.05, 0) is 42.3 Å². The molecule has 0 amide bonds. The number of aromatic nitrogens is 1. The molecule has 1 heterocycles. The van der Waals surface area contributed by atoms with Crippen LogP contribution in [-0.4, -0.2) is 10.1 Å². The van der Waals surface area contributed by atoms with Gasteiger partial charge in [-0.1, -0.05) is 41.9 Å². The predicted octanol–water partition coefficient (Wildman–Crippen LogP) is 4.34. The largest absolute Gasteiger partial charge is 0.385 e. The summed E-state index contributed by atoms with van der Waals surface area (Å²) in [5.41, 5.74) is 1.85. The Balaban J connectivity index is 2.01. The molecule has 21 heavy (non-hydrogen) atoms. The monoisotopic (exact) mass is 297 g/mol. The highest BCUT2D eigenvalue weighted by Crippen LogP contribution is 2.29. The first kappa shape index (κ1) is 14.1. The van der Waals surface area contributed by atoms with Crippen molar-refractivity contribution in [1.29, 1.82) is 0 Å². The molecule has 0 bridgehead atoms. The lowest BCUT2D eigenvalue weighted by molar-refractivity contribution is 0.0579. The molecule has 0 saturated carbocycles. The fraction of sp³-hybridized carbons (Fsp3) is 0.167. The quantitative estimate of drug-likeness (QED) is 0.780. The van der Waals surface area contributed by atoms with Gasteiger partial charge in [-0.2, -0.15) is 0 Å². The summed E-state index contributed by atoms with van der Waals surface area (Å²) in [6.45, 7) is 1.81. The van der Waals surface area contributed by atoms with Gasteiger partial charge in [-0.3, -0.25) is 4.98 Å². The van der Waals surface area contributed by atoms with Crippen LogP contribution < -0.4 is 0 Å². The highest BCUT2D eigenvalue weighted by atomic mass is 35.5. The Labute approximate surface area is 129 Å². The number of para-hydroxylation sites is 1. The van der Waals surface area contributed by atoms with E-state index in [-0.39, 0.29) is 0 Å². The van der Waals surface area contributed by atoms with Crippen molar-refractivity contribution in [2.24, 2.45) is 0 Å². The van der Waals surface area contributed by atoms with Gasteiger partial charge in [0.2, 0.25) is 0 Å². The number of halogens is 1. The first-order chi connectivity index (χ1) is 10.1. The number of fused-ring (bicyclic) bond motifs is 1. The van der Waals surface area contributed by atoms with Crippen molar-refractivity contribution >= 4 is 22.5 Å². The standard InChI is InChI=1S/C18H16ClNO/c1-18(21,14-5-4-6-15(19)11-14)12-13-9-10-20-17-8-3-2-7-16(13)17/h2-11,21H,12H2,1H3. The molecule has 3 aromatic rings. The van der Waals surface area contributed by atoms with Crippen LogP contribution in [0.1, 0.15) is 18.1 Å². The molecule has 0 aliphatic carbocycles. The lowest BCUT2D eigenvalue weighted by Gasteiger charge is -2.25. The smallest absolute Gasteiger partial charge is 0.0909 e. The minimum absolute atomic E-state index is 0.510. The molecule has 2 nitrogen and oxygen atoms in total. The van der Waals surface area contributed by atoms with E-state index in [1.165, 1.54) is 0 Å². The number of pyridine rings is 1. The molecule has 0 radical (unpaired) electrons. The molecule has 0 spiro atoms. The molecule has 0 aliphatic heterocycles. The average molecular weight is 298 g/mol. The summed E-state index contributed by atoms with van der Waals surface area (Å²) in [6, 6.07) is 17.3. The maximum Gasteiger partial charge on any atom is 0.0909 e. The average Bonchev–Trinajstić information content (AvgIpc) is 2.47. The van der Waals surface area contributed by atoms with Crippen LogP contribution in [0.4, 0.5) is 0 Å². The van der Waals surface area contributed by atoms with Crippen LogP contribution in [0.2, 0.25) is 5.02 Å². The number of aliphatic hydroxyl groups is 1. The van der Waals surface area contributed by atoms with Crippen molar-refractivity contribution in [3.05, 3.63) is 76.9 Å². The summed E-state index contributed by atoms with van der Waals surface area (Å²) in [6.07, 6.45) is 2.29. The van der Waals surface area contributed by atoms with Crippen LogP contribution in [0.3, 0.4) is 0 Å². The summed E-state index contributed by atoms with van der Waals surface area (Å²) in [5.74, 6) is 0. The number of hydrogen-bond donors (Lipinski definition) is 1. The van der Waals surface area contributed by atoms with E-state index in [1.807, 2.05) is 61.5 Å². The van der Waals surface area contributed by atoms with Crippen molar-refractivity contribution in [3.8, 4) is 0 Å². The minimum atomic E-state index is -0.977. The molecule has 1 atom stereocenters. The molecular formula is C18H16ClNO. The maximum absolute atomic E-state index is 10.8. The van der Waals surface area contributed by atoms with Crippen molar-refractivity contribution in [3.63, 3.8) is 0 Å². The van der Waals surface area contributed by atoms with Gasteiger partial charge in [-0.15, -0.1) is 0 Å². The van der Waals surface area contributed by atoms with Gasteiger partial charge in [0.15, 0.2) is 0 Å². The van der Waals surface area contributed by atoms with Crippen LogP contribution in [0.5, 0.6) is 0 Å². The topological polar surface area (TPSA) is 33.1 Å². The molecule has 1 N–H and O–H groups in total. The zero-order chi connectivity index (χ0) is 14.9. The number of benzene rings is 2. The number of hydrogen-bond acceptors (Lipinski definition) is 2. The second kappa shape index (κ2) is 5.47. The Bertz CT molecular complexity index is 778. The van der Waals surface area contributed by atoms with E-state index in [1.54, 1.807) is 6.20 Å². The molecule has 0 fully saturated rings. The molecule has 0 aliphatic rings. The SMILES string of the molecule is CC(O)(Cc1ccnc2ccccc12)c1cccc(Cl)c1. The second-order valence-electron chi connectivity index (χ2n) is 5.45. The fourth-order valence-electron chi connectivity index (χ4n) is 2.61. The van der Waals surface area contributed by atoms with Crippen LogP contribution >= 0.6 is 11.6 Å². The summed E-state index contributed by atoms with van der Waals surface area (Å²) < 4.78 is 0. The summed E-state index contributed by atoms with van der Waals surface area (Å²) in [4.78, 5) is 4.36. The zero-order valence-electron chi connectivity index (χ0n) is 11.8. The Hall–Kier alpha value is -1.90. The van der Waals surface area contributed by atoms with E-state index in [9.17, 15) is 5.11 Å². The molecule has 0 saturated heterocycles. The van der Waals surface area contributed by atoms with E-state index in [0.29, 0.717) is 11.4 Å². The van der Waals surface area contributed by atoms with Crippen LogP contribution in [0.15, 0.2) is 60.8 Å². The van der Waals surface area contributed by atoms with Crippen LogP contribution in [-0.2, 0) is 12.0 Å². The van der Waals surface area contributed by atoms with E-state index in [0.717, 1.165) is 22.0 Å². The van der Waals surface area contributed by atoms with Crippen LogP contribution in [0.25, 0.3) is 10.9 Å². The van der Waals surface area contributed by atoms with Gasteiger partial charge < -0.3 is 5.11 Å². The molecule has 1 aromatic heterocycles. The Morgan fingerprint density at radius 1 is 1.10 bits per heavy atom. The van der Waals surface area contributed by atoms with Gasteiger partial charge in [0.25, 0.3) is 0 Å². The van der Waals surface area contributed by atoms with E-state index in [4.69, 9.17) is 11.6 Å².